The van der Waals surface area contributed by atoms with Crippen molar-refractivity contribution < 1.29 is 4.74 Å². The van der Waals surface area contributed by atoms with Gasteiger partial charge in [0.15, 0.2) is 0 Å². The lowest BCUT2D eigenvalue weighted by Gasteiger charge is -2.12. The lowest BCUT2D eigenvalue weighted by Crippen LogP contribution is -2.26. The van der Waals surface area contributed by atoms with Crippen LogP contribution < -0.4 is 5.32 Å². The van der Waals surface area contributed by atoms with Gasteiger partial charge in [0.1, 0.15) is 12.2 Å². The van der Waals surface area contributed by atoms with Gasteiger partial charge in [-0.1, -0.05) is 13.8 Å². The standard InChI is InChI=1S/C12H24N4O/c1-4-6-16-12(14-10-15-16)8-11(2)9-13-5-7-17-3/h10-11,13H,4-9H2,1-3H3. The van der Waals surface area contributed by atoms with Crippen molar-refractivity contribution in [3.8, 4) is 0 Å². The fraction of sp³-hybridized carbons (Fsp3) is 0.833. The summed E-state index contributed by atoms with van der Waals surface area (Å²) in [5.74, 6) is 1.65. The van der Waals surface area contributed by atoms with Crippen LogP contribution in [0.1, 0.15) is 26.1 Å². The second kappa shape index (κ2) is 8.20. The molecule has 1 aromatic rings. The Labute approximate surface area is 104 Å². The van der Waals surface area contributed by atoms with E-state index in [2.05, 4.69) is 29.2 Å². The molecule has 0 aliphatic heterocycles. The molecule has 0 aromatic carbocycles. The zero-order valence-corrected chi connectivity index (χ0v) is 11.1. The van der Waals surface area contributed by atoms with Gasteiger partial charge in [0.25, 0.3) is 0 Å². The second-order valence-electron chi connectivity index (χ2n) is 4.41. The maximum absolute atomic E-state index is 4.99. The van der Waals surface area contributed by atoms with Crippen LogP contribution in [0.15, 0.2) is 6.33 Å². The summed E-state index contributed by atoms with van der Waals surface area (Å²) in [6.07, 6.45) is 3.72. The van der Waals surface area contributed by atoms with Crippen molar-refractivity contribution in [2.24, 2.45) is 5.92 Å². The van der Waals surface area contributed by atoms with Gasteiger partial charge in [-0.2, -0.15) is 5.10 Å². The smallest absolute Gasteiger partial charge is 0.138 e. The Morgan fingerprint density at radius 3 is 3.06 bits per heavy atom. The van der Waals surface area contributed by atoms with Crippen molar-refractivity contribution in [3.05, 3.63) is 12.2 Å². The van der Waals surface area contributed by atoms with E-state index >= 15 is 0 Å². The van der Waals surface area contributed by atoms with E-state index in [9.17, 15) is 0 Å². The van der Waals surface area contributed by atoms with Gasteiger partial charge in [0.05, 0.1) is 6.61 Å². The van der Waals surface area contributed by atoms with Gasteiger partial charge in [0, 0.05) is 26.6 Å². The molecule has 1 unspecified atom stereocenters. The summed E-state index contributed by atoms with van der Waals surface area (Å²) in [6.45, 7) is 7.99. The highest BCUT2D eigenvalue weighted by Gasteiger charge is 2.08. The molecule has 1 rings (SSSR count). The fourth-order valence-corrected chi connectivity index (χ4v) is 1.75. The lowest BCUT2D eigenvalue weighted by molar-refractivity contribution is 0.198. The molecule has 1 N–H and O–H groups in total. The van der Waals surface area contributed by atoms with Crippen LogP contribution in [-0.4, -0.2) is 41.6 Å². The van der Waals surface area contributed by atoms with Crippen molar-refractivity contribution in [1.29, 1.82) is 0 Å². The number of ether oxygens (including phenoxy) is 1. The average molecular weight is 240 g/mol. The van der Waals surface area contributed by atoms with E-state index in [0.29, 0.717) is 5.92 Å². The molecule has 17 heavy (non-hydrogen) atoms. The van der Waals surface area contributed by atoms with Crippen LogP contribution in [0.4, 0.5) is 0 Å². The molecule has 0 saturated heterocycles. The number of nitrogens with one attached hydrogen (secondary N) is 1. The zero-order valence-electron chi connectivity index (χ0n) is 11.1. The molecule has 0 radical (unpaired) electrons. The van der Waals surface area contributed by atoms with Crippen LogP contribution in [0.2, 0.25) is 0 Å². The highest BCUT2D eigenvalue weighted by Crippen LogP contribution is 2.05. The van der Waals surface area contributed by atoms with Crippen molar-refractivity contribution in [1.82, 2.24) is 20.1 Å². The molecule has 0 aliphatic rings. The van der Waals surface area contributed by atoms with Crippen molar-refractivity contribution in [3.63, 3.8) is 0 Å². The van der Waals surface area contributed by atoms with E-state index in [1.807, 2.05) is 4.68 Å². The van der Waals surface area contributed by atoms with E-state index < -0.39 is 0 Å². The number of aryl methyl sites for hydroxylation is 1. The summed E-state index contributed by atoms with van der Waals surface area (Å²) < 4.78 is 7.00. The first-order valence-corrected chi connectivity index (χ1v) is 6.34. The normalized spacial score (nSPS) is 12.9. The highest BCUT2D eigenvalue weighted by atomic mass is 16.5. The predicted octanol–water partition coefficient (Wildman–Crippen LogP) is 1.10. The topological polar surface area (TPSA) is 52.0 Å². The van der Waals surface area contributed by atoms with Crippen LogP contribution in [0, 0.1) is 5.92 Å². The van der Waals surface area contributed by atoms with E-state index in [1.54, 1.807) is 13.4 Å². The minimum absolute atomic E-state index is 0.562. The number of aromatic nitrogens is 3. The minimum atomic E-state index is 0.562. The molecule has 1 aromatic heterocycles. The number of nitrogens with zero attached hydrogens (tertiary/aromatic N) is 3. The maximum atomic E-state index is 4.99. The van der Waals surface area contributed by atoms with Gasteiger partial charge >= 0.3 is 0 Å². The van der Waals surface area contributed by atoms with Crippen LogP contribution in [0.5, 0.6) is 0 Å². The minimum Gasteiger partial charge on any atom is -0.383 e. The third-order valence-corrected chi connectivity index (χ3v) is 2.64. The van der Waals surface area contributed by atoms with Gasteiger partial charge in [-0.15, -0.1) is 0 Å². The van der Waals surface area contributed by atoms with Gasteiger partial charge in [-0.3, -0.25) is 4.68 Å². The Bertz CT molecular complexity index is 300. The van der Waals surface area contributed by atoms with Crippen molar-refractivity contribution >= 4 is 0 Å². The van der Waals surface area contributed by atoms with E-state index in [4.69, 9.17) is 4.74 Å². The largest absolute Gasteiger partial charge is 0.383 e. The Hall–Kier alpha value is -0.940. The molecule has 0 saturated carbocycles. The van der Waals surface area contributed by atoms with Crippen LogP contribution >= 0.6 is 0 Å². The Morgan fingerprint density at radius 2 is 2.35 bits per heavy atom. The predicted molar refractivity (Wildman–Crippen MR) is 67.9 cm³/mol. The molecular weight excluding hydrogens is 216 g/mol. The highest BCUT2D eigenvalue weighted by molar-refractivity contribution is 4.86. The average Bonchev–Trinajstić information content (AvgIpc) is 2.73. The summed E-state index contributed by atoms with van der Waals surface area (Å²) >= 11 is 0. The number of hydrogen-bond donors (Lipinski definition) is 1. The molecular formula is C12H24N4O. The van der Waals surface area contributed by atoms with E-state index in [-0.39, 0.29) is 0 Å². The van der Waals surface area contributed by atoms with Gasteiger partial charge in [-0.05, 0) is 18.9 Å². The van der Waals surface area contributed by atoms with Crippen molar-refractivity contribution in [2.75, 3.05) is 26.8 Å². The van der Waals surface area contributed by atoms with E-state index in [1.165, 1.54) is 0 Å². The summed E-state index contributed by atoms with van der Waals surface area (Å²) in [5, 5.41) is 7.60. The second-order valence-corrected chi connectivity index (χ2v) is 4.41. The summed E-state index contributed by atoms with van der Waals surface area (Å²) in [6, 6.07) is 0. The van der Waals surface area contributed by atoms with Crippen molar-refractivity contribution in [2.45, 2.75) is 33.2 Å². The third-order valence-electron chi connectivity index (χ3n) is 2.64. The molecule has 0 spiro atoms. The first-order chi connectivity index (χ1) is 8.27. The van der Waals surface area contributed by atoms with Gasteiger partial charge in [0.2, 0.25) is 0 Å². The Kier molecular flexibility index (Phi) is 6.81. The molecule has 0 fully saturated rings. The first-order valence-electron chi connectivity index (χ1n) is 6.34. The fourth-order valence-electron chi connectivity index (χ4n) is 1.75. The number of methoxy groups -OCH3 is 1. The molecule has 1 heterocycles. The quantitative estimate of drug-likeness (QED) is 0.657. The molecule has 98 valence electrons. The number of rotatable bonds is 9. The number of hydrogen-bond acceptors (Lipinski definition) is 4. The Balaban J connectivity index is 2.29. The lowest BCUT2D eigenvalue weighted by atomic mass is 10.1. The first kappa shape index (κ1) is 14.1. The SMILES string of the molecule is CCCn1ncnc1CC(C)CNCCOC. The third kappa shape index (κ3) is 5.28. The summed E-state index contributed by atoms with van der Waals surface area (Å²) in [5.41, 5.74) is 0. The van der Waals surface area contributed by atoms with Gasteiger partial charge < -0.3 is 10.1 Å². The monoisotopic (exact) mass is 240 g/mol. The molecule has 1 atom stereocenters. The zero-order chi connectivity index (χ0) is 12.5. The van der Waals surface area contributed by atoms with Crippen LogP contribution in [0.25, 0.3) is 0 Å². The van der Waals surface area contributed by atoms with Crippen LogP contribution in [-0.2, 0) is 17.7 Å². The van der Waals surface area contributed by atoms with Crippen LogP contribution in [0.3, 0.4) is 0 Å². The molecule has 5 heteroatoms. The summed E-state index contributed by atoms with van der Waals surface area (Å²) in [4.78, 5) is 4.32. The summed E-state index contributed by atoms with van der Waals surface area (Å²) in [7, 11) is 1.72. The molecule has 5 nitrogen and oxygen atoms in total. The molecule has 0 amide bonds. The van der Waals surface area contributed by atoms with E-state index in [0.717, 1.165) is 44.9 Å². The molecule has 0 aliphatic carbocycles. The molecule has 0 bridgehead atoms. The van der Waals surface area contributed by atoms with Gasteiger partial charge in [-0.25, -0.2) is 4.98 Å². The maximum Gasteiger partial charge on any atom is 0.138 e. The Morgan fingerprint density at radius 1 is 1.53 bits per heavy atom.